The molecule has 180 valence electrons. The van der Waals surface area contributed by atoms with E-state index in [1.165, 1.54) is 7.11 Å². The highest BCUT2D eigenvalue weighted by Gasteiger charge is 2.22. The average Bonchev–Trinajstić information content (AvgIpc) is 3.07. The molecule has 0 aliphatic heterocycles. The number of rotatable bonds is 8. The second kappa shape index (κ2) is 10.5. The Kier molecular flexibility index (Phi) is 7.72. The van der Waals surface area contributed by atoms with Gasteiger partial charge in [-0.1, -0.05) is 11.6 Å². The summed E-state index contributed by atoms with van der Waals surface area (Å²) in [4.78, 5) is 25.1. The molecule has 0 aliphatic carbocycles. The van der Waals surface area contributed by atoms with Gasteiger partial charge < -0.3 is 19.5 Å². The zero-order valence-corrected chi connectivity index (χ0v) is 19.6. The van der Waals surface area contributed by atoms with Gasteiger partial charge in [-0.3, -0.25) is 4.79 Å². The summed E-state index contributed by atoms with van der Waals surface area (Å²) >= 11 is 5.95. The van der Waals surface area contributed by atoms with E-state index >= 15 is 0 Å². The van der Waals surface area contributed by atoms with Crippen LogP contribution in [0.5, 0.6) is 11.5 Å². The van der Waals surface area contributed by atoms with Gasteiger partial charge in [-0.25, -0.2) is 9.48 Å². The quantitative estimate of drug-likeness (QED) is 0.456. The first-order valence-electron chi connectivity index (χ1n) is 10.0. The molecule has 0 aliphatic rings. The highest BCUT2D eigenvalue weighted by molar-refractivity contribution is 6.30. The van der Waals surface area contributed by atoms with Crippen LogP contribution in [-0.4, -0.2) is 42.5 Å². The molecule has 0 radical (unpaired) electrons. The lowest BCUT2D eigenvalue weighted by Crippen LogP contribution is -2.18. The Morgan fingerprint density at radius 3 is 2.38 bits per heavy atom. The summed E-state index contributed by atoms with van der Waals surface area (Å²) in [6.45, 7) is 0.452. The number of halogens is 3. The molecular formula is C23H22ClF2N3O5. The average molecular weight is 494 g/mol. The first-order valence-corrected chi connectivity index (χ1v) is 10.4. The third-order valence-corrected chi connectivity index (χ3v) is 5.30. The summed E-state index contributed by atoms with van der Waals surface area (Å²) in [5.41, 5.74) is 2.67. The van der Waals surface area contributed by atoms with Gasteiger partial charge in [0.25, 0.3) is 0 Å². The zero-order valence-electron chi connectivity index (χ0n) is 18.8. The van der Waals surface area contributed by atoms with Crippen LogP contribution in [0.4, 0.5) is 14.5 Å². The van der Waals surface area contributed by atoms with Crippen molar-refractivity contribution in [2.24, 2.45) is 0 Å². The Bertz CT molecular complexity index is 1210. The maximum absolute atomic E-state index is 12.9. The summed E-state index contributed by atoms with van der Waals surface area (Å²) in [5, 5.41) is 7.66. The Balaban J connectivity index is 1.91. The number of benzene rings is 2. The van der Waals surface area contributed by atoms with Gasteiger partial charge in [-0.05, 0) is 38.1 Å². The lowest BCUT2D eigenvalue weighted by atomic mass is 10.1. The maximum atomic E-state index is 12.9. The van der Waals surface area contributed by atoms with E-state index in [-0.39, 0.29) is 29.2 Å². The fourth-order valence-electron chi connectivity index (χ4n) is 3.41. The number of nitrogens with zero attached hydrogens (tertiary/aromatic N) is 2. The number of amides is 1. The molecule has 0 atom stereocenters. The molecule has 1 aromatic heterocycles. The van der Waals surface area contributed by atoms with Crippen LogP contribution in [0.3, 0.4) is 0 Å². The van der Waals surface area contributed by atoms with Gasteiger partial charge in [0.15, 0.2) is 11.5 Å². The van der Waals surface area contributed by atoms with E-state index in [0.29, 0.717) is 16.3 Å². The van der Waals surface area contributed by atoms with E-state index in [0.717, 1.165) is 30.6 Å². The second-order valence-corrected chi connectivity index (χ2v) is 7.62. The predicted molar refractivity (Wildman–Crippen MR) is 121 cm³/mol. The van der Waals surface area contributed by atoms with Crippen LogP contribution >= 0.6 is 11.6 Å². The van der Waals surface area contributed by atoms with Crippen molar-refractivity contribution < 1.29 is 32.6 Å². The number of carbonyl (C=O) groups is 2. The van der Waals surface area contributed by atoms with Crippen LogP contribution in [0.1, 0.15) is 27.3 Å². The lowest BCUT2D eigenvalue weighted by molar-refractivity contribution is -0.115. The molecule has 0 unspecified atom stereocenters. The van der Waals surface area contributed by atoms with Crippen LogP contribution in [0.15, 0.2) is 36.4 Å². The van der Waals surface area contributed by atoms with Crippen LogP contribution in [0.25, 0.3) is 5.69 Å². The summed E-state index contributed by atoms with van der Waals surface area (Å²) in [6.07, 6.45) is -0.0804. The first kappa shape index (κ1) is 25.0. The molecule has 34 heavy (non-hydrogen) atoms. The monoisotopic (exact) mass is 493 g/mol. The molecule has 0 fully saturated rings. The minimum Gasteiger partial charge on any atom is -0.493 e. The molecule has 2 aromatic carbocycles. The van der Waals surface area contributed by atoms with Gasteiger partial charge in [0, 0.05) is 28.4 Å². The second-order valence-electron chi connectivity index (χ2n) is 7.18. The van der Waals surface area contributed by atoms with Crippen molar-refractivity contribution >= 4 is 29.2 Å². The van der Waals surface area contributed by atoms with Crippen LogP contribution in [0, 0.1) is 13.8 Å². The highest BCUT2D eigenvalue weighted by atomic mass is 35.5. The zero-order chi connectivity index (χ0) is 25.0. The highest BCUT2D eigenvalue weighted by Crippen LogP contribution is 2.35. The molecule has 0 saturated carbocycles. The Labute approximate surface area is 199 Å². The van der Waals surface area contributed by atoms with Crippen LogP contribution in [-0.2, 0) is 16.0 Å². The standard InChI is InChI=1S/C23H22ClF2N3O5/c1-12-16(13(2)29(28-12)15-7-5-14(24)6-8-15)10-21(30)27-18-11-20(34-23(25)26)19(32-3)9-17(18)22(31)33-4/h5-9,11,23H,10H2,1-4H3,(H,27,30). The molecule has 3 aromatic rings. The van der Waals surface area contributed by atoms with E-state index in [4.69, 9.17) is 21.1 Å². The number of aryl methyl sites for hydroxylation is 1. The minimum atomic E-state index is -3.13. The maximum Gasteiger partial charge on any atom is 0.387 e. The van der Waals surface area contributed by atoms with E-state index in [2.05, 4.69) is 15.2 Å². The number of esters is 1. The molecule has 1 amide bonds. The van der Waals surface area contributed by atoms with Gasteiger partial charge >= 0.3 is 12.6 Å². The van der Waals surface area contributed by atoms with Crippen molar-refractivity contribution in [3.8, 4) is 17.2 Å². The number of hydrogen-bond acceptors (Lipinski definition) is 6. The molecule has 1 N–H and O–H groups in total. The summed E-state index contributed by atoms with van der Waals surface area (Å²) in [6, 6.07) is 9.32. The van der Waals surface area contributed by atoms with Crippen molar-refractivity contribution in [3.63, 3.8) is 0 Å². The number of carbonyl (C=O) groups excluding carboxylic acids is 2. The molecule has 8 nitrogen and oxygen atoms in total. The molecule has 0 spiro atoms. The normalized spacial score (nSPS) is 10.8. The van der Waals surface area contributed by atoms with Crippen LogP contribution < -0.4 is 14.8 Å². The number of alkyl halides is 2. The Morgan fingerprint density at radius 2 is 1.79 bits per heavy atom. The topological polar surface area (TPSA) is 91.7 Å². The Morgan fingerprint density at radius 1 is 1.12 bits per heavy atom. The van der Waals surface area contributed by atoms with Crippen LogP contribution in [0.2, 0.25) is 5.02 Å². The smallest absolute Gasteiger partial charge is 0.387 e. The van der Waals surface area contributed by atoms with E-state index in [1.54, 1.807) is 35.9 Å². The largest absolute Gasteiger partial charge is 0.493 e. The molecule has 3 rings (SSSR count). The van der Waals surface area contributed by atoms with Crippen molar-refractivity contribution in [1.29, 1.82) is 0 Å². The van der Waals surface area contributed by atoms with Crippen molar-refractivity contribution in [1.82, 2.24) is 9.78 Å². The summed E-state index contributed by atoms with van der Waals surface area (Å²) in [5.74, 6) is -1.75. The summed E-state index contributed by atoms with van der Waals surface area (Å²) < 4.78 is 41.6. The third-order valence-electron chi connectivity index (χ3n) is 5.05. The molecule has 11 heteroatoms. The lowest BCUT2D eigenvalue weighted by Gasteiger charge is -2.15. The van der Waals surface area contributed by atoms with Gasteiger partial charge in [0.1, 0.15) is 0 Å². The van der Waals surface area contributed by atoms with E-state index in [9.17, 15) is 18.4 Å². The molecule has 1 heterocycles. The van der Waals surface area contributed by atoms with Crippen molar-refractivity contribution in [2.75, 3.05) is 19.5 Å². The van der Waals surface area contributed by atoms with Gasteiger partial charge in [-0.2, -0.15) is 13.9 Å². The summed E-state index contributed by atoms with van der Waals surface area (Å²) in [7, 11) is 2.39. The molecule has 0 saturated heterocycles. The Hall–Kier alpha value is -3.66. The van der Waals surface area contributed by atoms with Crippen molar-refractivity contribution in [2.45, 2.75) is 26.9 Å². The fourth-order valence-corrected chi connectivity index (χ4v) is 3.54. The molecule has 0 bridgehead atoms. The number of methoxy groups -OCH3 is 2. The predicted octanol–water partition coefficient (Wildman–Crippen LogP) is 4.72. The van der Waals surface area contributed by atoms with E-state index in [1.807, 2.05) is 6.92 Å². The number of anilines is 1. The minimum absolute atomic E-state index is 0.0614. The SMILES string of the molecule is COC(=O)c1cc(OC)c(OC(F)F)cc1NC(=O)Cc1c(C)nn(-c2ccc(Cl)cc2)c1C. The van der Waals surface area contributed by atoms with E-state index < -0.39 is 18.5 Å². The number of aromatic nitrogens is 2. The first-order chi connectivity index (χ1) is 16.1. The number of hydrogen-bond donors (Lipinski definition) is 1. The third kappa shape index (κ3) is 5.45. The van der Waals surface area contributed by atoms with Crippen molar-refractivity contribution in [3.05, 3.63) is 63.9 Å². The fraction of sp³-hybridized carbons (Fsp3) is 0.261. The van der Waals surface area contributed by atoms with Gasteiger partial charge in [0.05, 0.1) is 43.3 Å². The molecular weight excluding hydrogens is 472 g/mol. The van der Waals surface area contributed by atoms with Gasteiger partial charge in [0.2, 0.25) is 5.91 Å². The number of nitrogens with one attached hydrogen (secondary N) is 1. The van der Waals surface area contributed by atoms with Gasteiger partial charge in [-0.15, -0.1) is 0 Å². The number of ether oxygens (including phenoxy) is 3.